The molecule has 2 nitrogen and oxygen atoms in total. The van der Waals surface area contributed by atoms with Gasteiger partial charge in [0.1, 0.15) is 23.0 Å². The fourth-order valence-corrected chi connectivity index (χ4v) is 6.69. The van der Waals surface area contributed by atoms with Gasteiger partial charge in [-0.2, -0.15) is 0 Å². The lowest BCUT2D eigenvalue weighted by atomic mass is 9.82. The largest absolute Gasteiger partial charge is 0.305 e. The molecule has 7 rings (SSSR count). The van der Waals surface area contributed by atoms with Crippen LogP contribution in [0.5, 0.6) is 0 Å². The number of halogens is 6. The first kappa shape index (κ1) is 32.1. The van der Waals surface area contributed by atoms with Gasteiger partial charge >= 0.3 is 0 Å². The van der Waals surface area contributed by atoms with Crippen LogP contribution in [0, 0.1) is 48.8 Å². The molecule has 0 amide bonds. The highest BCUT2D eigenvalue weighted by Gasteiger charge is 2.37. The predicted octanol–water partition coefficient (Wildman–Crippen LogP) is 12.4. The lowest BCUT2D eigenvalue weighted by Gasteiger charge is -2.29. The van der Waals surface area contributed by atoms with E-state index >= 15 is 17.6 Å². The number of hydrogen-bond acceptors (Lipinski definition) is 2. The molecule has 6 aromatic carbocycles. The van der Waals surface area contributed by atoms with Crippen LogP contribution in [0.3, 0.4) is 0 Å². The number of anilines is 6. The molecule has 0 aliphatic heterocycles. The highest BCUT2D eigenvalue weighted by atomic mass is 19.2. The molecule has 0 heterocycles. The molecule has 49 heavy (non-hydrogen) atoms. The number of nitrogens with zero attached hydrogens (tertiary/aromatic N) is 2. The van der Waals surface area contributed by atoms with Crippen molar-refractivity contribution in [3.63, 3.8) is 0 Å². The summed E-state index contributed by atoms with van der Waals surface area (Å²) in [7, 11) is 0. The number of rotatable bonds is 6. The molecule has 0 radical (unpaired) electrons. The normalized spacial score (nSPS) is 12.9. The molecule has 0 N–H and O–H groups in total. The van der Waals surface area contributed by atoms with E-state index in [0.717, 1.165) is 33.4 Å². The lowest BCUT2D eigenvalue weighted by Crippen LogP contribution is -2.19. The minimum atomic E-state index is -1.05. The quantitative estimate of drug-likeness (QED) is 0.164. The van der Waals surface area contributed by atoms with Crippen LogP contribution in [0.4, 0.5) is 60.5 Å². The van der Waals surface area contributed by atoms with E-state index in [1.54, 1.807) is 36.4 Å². The van der Waals surface area contributed by atoms with Gasteiger partial charge in [-0.05, 0) is 84.6 Å². The van der Waals surface area contributed by atoms with E-state index in [1.807, 2.05) is 76.2 Å². The Morgan fingerprint density at radius 2 is 0.714 bits per heavy atom. The van der Waals surface area contributed by atoms with Gasteiger partial charge in [0.25, 0.3) is 0 Å². The van der Waals surface area contributed by atoms with Crippen molar-refractivity contribution in [1.29, 1.82) is 0 Å². The van der Waals surface area contributed by atoms with Gasteiger partial charge in [-0.3, -0.25) is 0 Å². The van der Waals surface area contributed by atoms with Crippen LogP contribution in [0.2, 0.25) is 0 Å². The second-order valence-corrected chi connectivity index (χ2v) is 12.9. The molecule has 1 aliphatic carbocycles. The van der Waals surface area contributed by atoms with Crippen LogP contribution in [0.25, 0.3) is 11.1 Å². The minimum Gasteiger partial charge on any atom is -0.305 e. The van der Waals surface area contributed by atoms with E-state index in [0.29, 0.717) is 47.0 Å². The van der Waals surface area contributed by atoms with Crippen LogP contribution in [-0.4, -0.2) is 0 Å². The van der Waals surface area contributed by atoms with Gasteiger partial charge < -0.3 is 9.80 Å². The Morgan fingerprint density at radius 1 is 0.408 bits per heavy atom. The third-order valence-electron chi connectivity index (χ3n) is 9.15. The van der Waals surface area contributed by atoms with E-state index in [1.165, 1.54) is 9.80 Å². The number of benzene rings is 6. The summed E-state index contributed by atoms with van der Waals surface area (Å²) in [6, 6.07) is 27.8. The van der Waals surface area contributed by atoms with E-state index in [4.69, 9.17) is 0 Å². The third kappa shape index (κ3) is 5.51. The van der Waals surface area contributed by atoms with Crippen molar-refractivity contribution in [1.82, 2.24) is 0 Å². The summed E-state index contributed by atoms with van der Waals surface area (Å²) in [6.45, 7) is 7.79. The van der Waals surface area contributed by atoms with Crippen LogP contribution < -0.4 is 9.80 Å². The molecule has 0 atom stereocenters. The van der Waals surface area contributed by atoms with Gasteiger partial charge in [-0.1, -0.05) is 61.4 Å². The highest BCUT2D eigenvalue weighted by Crippen LogP contribution is 2.53. The first-order chi connectivity index (χ1) is 23.3. The Morgan fingerprint density at radius 3 is 1.04 bits per heavy atom. The van der Waals surface area contributed by atoms with E-state index in [-0.39, 0.29) is 0 Å². The monoisotopic (exact) mass is 664 g/mol. The Labute approximate surface area is 280 Å². The fourth-order valence-electron chi connectivity index (χ4n) is 6.69. The molecule has 0 bridgehead atoms. The lowest BCUT2D eigenvalue weighted by molar-refractivity contribution is 0.544. The number of fused-ring (bicyclic) bond motifs is 3. The highest BCUT2D eigenvalue weighted by molar-refractivity contribution is 5.88. The molecule has 246 valence electrons. The molecular weight excluding hydrogens is 634 g/mol. The summed E-state index contributed by atoms with van der Waals surface area (Å²) in [5.41, 5.74) is 5.66. The van der Waals surface area contributed by atoms with Crippen LogP contribution in [0.15, 0.2) is 109 Å². The fraction of sp³-hybridized carbons (Fsp3) is 0.122. The summed E-state index contributed by atoms with van der Waals surface area (Å²) >= 11 is 0. The average Bonchev–Trinajstić information content (AvgIpc) is 3.27. The molecule has 0 fully saturated rings. The Hall–Kier alpha value is -5.50. The molecule has 6 aromatic rings. The number of hydrogen-bond donors (Lipinski definition) is 0. The van der Waals surface area contributed by atoms with Crippen LogP contribution in [0.1, 0.15) is 36.1 Å². The van der Waals surface area contributed by atoms with E-state index < -0.39 is 51.7 Å². The van der Waals surface area contributed by atoms with Gasteiger partial charge in [0.05, 0.1) is 0 Å². The predicted molar refractivity (Wildman–Crippen MR) is 183 cm³/mol. The zero-order valence-electron chi connectivity index (χ0n) is 27.1. The Kier molecular flexibility index (Phi) is 7.77. The minimum absolute atomic E-state index is 0.419. The summed E-state index contributed by atoms with van der Waals surface area (Å²) < 4.78 is 89.4. The molecule has 0 saturated carbocycles. The van der Waals surface area contributed by atoms with Crippen molar-refractivity contribution in [2.75, 3.05) is 9.80 Å². The number of aryl methyl sites for hydroxylation is 2. The summed E-state index contributed by atoms with van der Waals surface area (Å²) in [6.07, 6.45) is 0. The maximum absolute atomic E-state index is 15.4. The van der Waals surface area contributed by atoms with Gasteiger partial charge in [0.15, 0.2) is 23.3 Å². The molecule has 0 spiro atoms. The Balaban J connectivity index is 1.38. The second-order valence-electron chi connectivity index (χ2n) is 12.9. The first-order valence-corrected chi connectivity index (χ1v) is 15.7. The molecule has 8 heteroatoms. The average molecular weight is 665 g/mol. The van der Waals surface area contributed by atoms with E-state index in [9.17, 15) is 8.78 Å². The van der Waals surface area contributed by atoms with Crippen molar-refractivity contribution < 1.29 is 26.3 Å². The van der Waals surface area contributed by atoms with Gasteiger partial charge in [-0.15, -0.1) is 0 Å². The maximum Gasteiger partial charge on any atom is 0.153 e. The first-order valence-electron chi connectivity index (χ1n) is 15.7. The van der Waals surface area contributed by atoms with Crippen molar-refractivity contribution in [3.8, 4) is 11.1 Å². The van der Waals surface area contributed by atoms with Gasteiger partial charge in [-0.25, -0.2) is 26.3 Å². The topological polar surface area (TPSA) is 6.48 Å². The summed E-state index contributed by atoms with van der Waals surface area (Å²) in [5, 5.41) is 0. The van der Waals surface area contributed by atoms with Crippen molar-refractivity contribution >= 4 is 34.1 Å². The van der Waals surface area contributed by atoms with Crippen molar-refractivity contribution in [3.05, 3.63) is 166 Å². The Bertz CT molecular complexity index is 2040. The van der Waals surface area contributed by atoms with Crippen LogP contribution >= 0.6 is 0 Å². The standard InChI is InChI=1S/C41H30F6N2/c1-23-5-9-27(10-6-23)48(39-35(44)17-25(42)18-36(39)45)29-13-15-31-32-16-14-30(22-34(32)41(3,4)33(31)21-29)49(28-11-7-24(2)8-12-28)40-37(46)19-26(43)20-38(40)47/h5-22H,1-4H3. The van der Waals surface area contributed by atoms with Gasteiger partial charge in [0, 0.05) is 52.4 Å². The molecule has 1 aliphatic rings. The zero-order valence-corrected chi connectivity index (χ0v) is 27.1. The molecule has 0 unspecified atom stereocenters. The van der Waals surface area contributed by atoms with E-state index in [2.05, 4.69) is 0 Å². The van der Waals surface area contributed by atoms with Crippen molar-refractivity contribution in [2.45, 2.75) is 33.1 Å². The second kappa shape index (κ2) is 11.9. The maximum atomic E-state index is 15.4. The molecular formula is C41H30F6N2. The van der Waals surface area contributed by atoms with Gasteiger partial charge in [0.2, 0.25) is 0 Å². The summed E-state index contributed by atoms with van der Waals surface area (Å²) in [5.74, 6) is -6.26. The van der Waals surface area contributed by atoms with Crippen LogP contribution in [-0.2, 0) is 5.41 Å². The zero-order chi connectivity index (χ0) is 34.8. The SMILES string of the molecule is Cc1ccc(N(c2ccc3c(c2)C(C)(C)c2cc(N(c4ccc(C)cc4)c4c(F)cc(F)cc4F)ccc2-3)c2c(F)cc(F)cc2F)cc1. The summed E-state index contributed by atoms with van der Waals surface area (Å²) in [4.78, 5) is 2.85. The molecule has 0 saturated heterocycles. The van der Waals surface area contributed by atoms with Crippen molar-refractivity contribution in [2.24, 2.45) is 0 Å². The molecule has 0 aromatic heterocycles. The third-order valence-corrected chi connectivity index (χ3v) is 9.15. The smallest absolute Gasteiger partial charge is 0.153 e.